The second-order valence-electron chi connectivity index (χ2n) is 6.66. The second kappa shape index (κ2) is 8.82. The van der Waals surface area contributed by atoms with Gasteiger partial charge in [0.2, 0.25) is 5.95 Å². The fraction of sp³-hybridized carbons (Fsp3) is 0.421. The summed E-state index contributed by atoms with van der Waals surface area (Å²) in [5, 5.41) is 5.27. The first-order valence-electron chi connectivity index (χ1n) is 9.33. The largest absolute Gasteiger partial charge is 0.421 e. The molecule has 2 heterocycles. The third-order valence-electron chi connectivity index (χ3n) is 4.53. The Kier molecular flexibility index (Phi) is 6.40. The number of aromatic nitrogens is 2. The van der Waals surface area contributed by atoms with E-state index in [9.17, 15) is 22.4 Å². The molecule has 1 aliphatic rings. The number of anilines is 3. The number of carbonyl (C=O) groups excluding carboxylic acids is 1. The molecule has 0 atom stereocenters. The molecule has 2 aromatic rings. The van der Waals surface area contributed by atoms with Crippen LogP contribution >= 0.6 is 0 Å². The van der Waals surface area contributed by atoms with E-state index in [2.05, 4.69) is 20.6 Å². The van der Waals surface area contributed by atoms with Crippen LogP contribution in [0.25, 0.3) is 0 Å². The summed E-state index contributed by atoms with van der Waals surface area (Å²) in [6.45, 7) is 5.06. The summed E-state index contributed by atoms with van der Waals surface area (Å²) < 4.78 is 59.1. The Hall–Kier alpha value is -2.95. The van der Waals surface area contributed by atoms with Gasteiger partial charge in [-0.3, -0.25) is 4.79 Å². The summed E-state index contributed by atoms with van der Waals surface area (Å²) in [5.74, 6) is -1.70. The average Bonchev–Trinajstić information content (AvgIpc) is 2.70. The van der Waals surface area contributed by atoms with Crippen molar-refractivity contribution in [2.75, 3.05) is 43.5 Å². The first-order valence-corrected chi connectivity index (χ1v) is 9.33. The SMILES string of the molecule is CCNc1nc(Nc2cc(F)c(C(=O)N3CCOCC3)cc2C)ncc1C(F)(F)F. The standard InChI is InChI=1S/C19H21F4N5O2/c1-3-24-16-13(19(21,22)23)10-25-18(27-16)26-15-9-14(20)12(8-11(15)2)17(29)28-4-6-30-7-5-28/h8-10H,3-7H2,1-2H3,(H2,24,25,26,27). The number of hydrogen-bond donors (Lipinski definition) is 2. The summed E-state index contributed by atoms with van der Waals surface area (Å²) in [4.78, 5) is 21.6. The van der Waals surface area contributed by atoms with E-state index in [0.29, 0.717) is 38.1 Å². The Morgan fingerprint density at radius 2 is 1.97 bits per heavy atom. The highest BCUT2D eigenvalue weighted by Crippen LogP contribution is 2.34. The van der Waals surface area contributed by atoms with Gasteiger partial charge in [-0.1, -0.05) is 0 Å². The lowest BCUT2D eigenvalue weighted by atomic mass is 10.1. The molecule has 1 aromatic carbocycles. The van der Waals surface area contributed by atoms with Gasteiger partial charge in [-0.2, -0.15) is 18.2 Å². The number of ether oxygens (including phenoxy) is 1. The maximum absolute atomic E-state index is 14.6. The maximum Gasteiger partial charge on any atom is 0.421 e. The highest BCUT2D eigenvalue weighted by Gasteiger charge is 2.35. The topological polar surface area (TPSA) is 79.4 Å². The van der Waals surface area contributed by atoms with Crippen molar-refractivity contribution >= 4 is 23.4 Å². The van der Waals surface area contributed by atoms with Crippen LogP contribution in [0.5, 0.6) is 0 Å². The zero-order chi connectivity index (χ0) is 21.9. The molecule has 1 amide bonds. The third kappa shape index (κ3) is 4.78. The van der Waals surface area contributed by atoms with Crippen molar-refractivity contribution in [1.82, 2.24) is 14.9 Å². The Morgan fingerprint density at radius 3 is 2.60 bits per heavy atom. The molecule has 1 fully saturated rings. The molecule has 0 bridgehead atoms. The number of hydrogen-bond acceptors (Lipinski definition) is 6. The Bertz CT molecular complexity index is 930. The monoisotopic (exact) mass is 427 g/mol. The van der Waals surface area contributed by atoms with E-state index >= 15 is 0 Å². The van der Waals surface area contributed by atoms with Gasteiger partial charge in [-0.15, -0.1) is 0 Å². The first kappa shape index (κ1) is 21.8. The predicted octanol–water partition coefficient (Wildman–Crippen LogP) is 3.59. The van der Waals surface area contributed by atoms with E-state index in [1.54, 1.807) is 13.8 Å². The van der Waals surface area contributed by atoms with Crippen molar-refractivity contribution < 1.29 is 27.1 Å². The van der Waals surface area contributed by atoms with Gasteiger partial charge in [0.05, 0.1) is 18.8 Å². The van der Waals surface area contributed by atoms with E-state index in [1.807, 2.05) is 0 Å². The molecule has 0 aliphatic carbocycles. The molecule has 11 heteroatoms. The number of carbonyl (C=O) groups is 1. The van der Waals surface area contributed by atoms with Crippen LogP contribution in [-0.4, -0.2) is 53.6 Å². The maximum atomic E-state index is 14.6. The van der Waals surface area contributed by atoms with E-state index in [-0.39, 0.29) is 29.6 Å². The Labute approximate surface area is 170 Å². The summed E-state index contributed by atoms with van der Waals surface area (Å²) in [6, 6.07) is 2.50. The highest BCUT2D eigenvalue weighted by atomic mass is 19.4. The molecule has 30 heavy (non-hydrogen) atoms. The van der Waals surface area contributed by atoms with Crippen LogP contribution in [0.3, 0.4) is 0 Å². The van der Waals surface area contributed by atoms with E-state index in [4.69, 9.17) is 4.74 Å². The molecule has 1 saturated heterocycles. The fourth-order valence-corrected chi connectivity index (χ4v) is 2.99. The van der Waals surface area contributed by atoms with Gasteiger partial charge in [-0.05, 0) is 31.5 Å². The molecule has 0 unspecified atom stereocenters. The van der Waals surface area contributed by atoms with Gasteiger partial charge in [0.25, 0.3) is 5.91 Å². The lowest BCUT2D eigenvalue weighted by Crippen LogP contribution is -2.41. The molecular formula is C19H21F4N5O2. The summed E-state index contributed by atoms with van der Waals surface area (Å²) in [6.07, 6.45) is -3.95. The Morgan fingerprint density at radius 1 is 1.27 bits per heavy atom. The smallest absolute Gasteiger partial charge is 0.378 e. The number of rotatable bonds is 5. The van der Waals surface area contributed by atoms with Crippen molar-refractivity contribution in [3.8, 4) is 0 Å². The number of aryl methyl sites for hydroxylation is 1. The minimum absolute atomic E-state index is 0.0818. The summed E-state index contributed by atoms with van der Waals surface area (Å²) in [5.41, 5.74) is -0.319. The molecule has 0 radical (unpaired) electrons. The van der Waals surface area contributed by atoms with Crippen molar-refractivity contribution in [2.24, 2.45) is 0 Å². The second-order valence-corrected chi connectivity index (χ2v) is 6.66. The highest BCUT2D eigenvalue weighted by molar-refractivity contribution is 5.95. The van der Waals surface area contributed by atoms with Crippen LogP contribution < -0.4 is 10.6 Å². The molecule has 0 spiro atoms. The van der Waals surface area contributed by atoms with Gasteiger partial charge in [0, 0.05) is 31.5 Å². The van der Waals surface area contributed by atoms with E-state index in [1.165, 1.54) is 11.0 Å². The van der Waals surface area contributed by atoms with E-state index in [0.717, 1.165) is 6.07 Å². The number of nitrogens with one attached hydrogen (secondary N) is 2. The third-order valence-corrected chi connectivity index (χ3v) is 4.53. The van der Waals surface area contributed by atoms with Crippen molar-refractivity contribution in [2.45, 2.75) is 20.0 Å². The van der Waals surface area contributed by atoms with Crippen molar-refractivity contribution in [3.05, 3.63) is 40.8 Å². The molecule has 162 valence electrons. The lowest BCUT2D eigenvalue weighted by Gasteiger charge is -2.27. The van der Waals surface area contributed by atoms with Gasteiger partial charge >= 0.3 is 6.18 Å². The zero-order valence-electron chi connectivity index (χ0n) is 16.4. The summed E-state index contributed by atoms with van der Waals surface area (Å²) >= 11 is 0. The van der Waals surface area contributed by atoms with Gasteiger partial charge in [-0.25, -0.2) is 9.37 Å². The molecular weight excluding hydrogens is 406 g/mol. The average molecular weight is 427 g/mol. The molecule has 7 nitrogen and oxygen atoms in total. The van der Waals surface area contributed by atoms with Gasteiger partial charge < -0.3 is 20.3 Å². The number of morpholine rings is 1. The Balaban J connectivity index is 1.86. The number of benzene rings is 1. The molecule has 3 rings (SSSR count). The van der Waals surface area contributed by atoms with Gasteiger partial charge in [0.1, 0.15) is 17.2 Å². The molecule has 1 aromatic heterocycles. The van der Waals surface area contributed by atoms with Crippen molar-refractivity contribution in [3.63, 3.8) is 0 Å². The normalized spacial score (nSPS) is 14.5. The van der Waals surface area contributed by atoms with Crippen molar-refractivity contribution in [1.29, 1.82) is 0 Å². The number of alkyl halides is 3. The zero-order valence-corrected chi connectivity index (χ0v) is 16.4. The summed E-state index contributed by atoms with van der Waals surface area (Å²) in [7, 11) is 0. The molecule has 2 N–H and O–H groups in total. The minimum Gasteiger partial charge on any atom is -0.378 e. The fourth-order valence-electron chi connectivity index (χ4n) is 2.99. The predicted molar refractivity (Wildman–Crippen MR) is 102 cm³/mol. The van der Waals surface area contributed by atoms with Crippen LogP contribution in [0.4, 0.5) is 35.0 Å². The minimum atomic E-state index is -4.61. The lowest BCUT2D eigenvalue weighted by molar-refractivity contribution is -0.137. The quantitative estimate of drug-likeness (QED) is 0.710. The number of halogens is 4. The van der Waals surface area contributed by atoms with E-state index < -0.39 is 23.5 Å². The molecule has 1 aliphatic heterocycles. The first-order chi connectivity index (χ1) is 14.2. The van der Waals surface area contributed by atoms with Crippen LogP contribution in [-0.2, 0) is 10.9 Å². The van der Waals surface area contributed by atoms with Crippen LogP contribution in [0, 0.1) is 12.7 Å². The van der Waals surface area contributed by atoms with Crippen LogP contribution in [0.2, 0.25) is 0 Å². The number of nitrogens with zero attached hydrogens (tertiary/aromatic N) is 3. The van der Waals surface area contributed by atoms with Crippen LogP contribution in [0.1, 0.15) is 28.4 Å². The number of amides is 1. The van der Waals surface area contributed by atoms with Gasteiger partial charge in [0.15, 0.2) is 0 Å². The molecule has 0 saturated carbocycles. The van der Waals surface area contributed by atoms with Crippen LogP contribution in [0.15, 0.2) is 18.3 Å².